The Kier molecular flexibility index (Phi) is 7.84. The first-order valence-electron chi connectivity index (χ1n) is 6.48. The topological polar surface area (TPSA) is 27.1 Å². The van der Waals surface area contributed by atoms with Gasteiger partial charge < -0.3 is 9.30 Å². The molecule has 0 amide bonds. The SMILES string of the molecule is CC.CO/C(C)=C(/C=C\C(C)C)n1cnc(C)c1. The van der Waals surface area contributed by atoms with Gasteiger partial charge in [-0.1, -0.05) is 33.8 Å². The van der Waals surface area contributed by atoms with E-state index in [9.17, 15) is 0 Å². The highest BCUT2D eigenvalue weighted by atomic mass is 16.5. The first-order chi connectivity index (χ1) is 8.54. The molecule has 0 spiro atoms. The molecule has 1 heterocycles. The average Bonchev–Trinajstić information content (AvgIpc) is 2.78. The van der Waals surface area contributed by atoms with Crippen molar-refractivity contribution in [1.82, 2.24) is 9.55 Å². The fourth-order valence-corrected chi connectivity index (χ4v) is 1.33. The number of rotatable bonds is 4. The van der Waals surface area contributed by atoms with Gasteiger partial charge in [-0.15, -0.1) is 0 Å². The first kappa shape index (κ1) is 16.5. The predicted molar refractivity (Wildman–Crippen MR) is 78.2 cm³/mol. The molecule has 3 nitrogen and oxygen atoms in total. The van der Waals surface area contributed by atoms with Gasteiger partial charge in [0.05, 0.1) is 24.8 Å². The van der Waals surface area contributed by atoms with E-state index in [2.05, 4.69) is 31.0 Å². The van der Waals surface area contributed by atoms with Crippen molar-refractivity contribution < 1.29 is 4.74 Å². The molecule has 1 rings (SSSR count). The molecule has 0 radical (unpaired) electrons. The van der Waals surface area contributed by atoms with Gasteiger partial charge in [-0.2, -0.15) is 0 Å². The van der Waals surface area contributed by atoms with E-state index in [4.69, 9.17) is 4.74 Å². The number of hydrogen-bond acceptors (Lipinski definition) is 2. The van der Waals surface area contributed by atoms with Gasteiger partial charge in [0.25, 0.3) is 0 Å². The van der Waals surface area contributed by atoms with Gasteiger partial charge in [0.2, 0.25) is 0 Å². The molecule has 3 heteroatoms. The number of imidazole rings is 1. The summed E-state index contributed by atoms with van der Waals surface area (Å²) in [6.45, 7) is 12.2. The molecule has 0 saturated heterocycles. The molecular weight excluding hydrogens is 224 g/mol. The zero-order chi connectivity index (χ0) is 14.1. The molecule has 0 aliphatic heterocycles. The number of methoxy groups -OCH3 is 1. The standard InChI is InChI=1S/C13H20N2O.C2H6/c1-10(2)6-7-13(12(4)16-5)15-8-11(3)14-9-15;1-2/h6-10H,1-5H3;1-2H3/b7-6-,13-12-;. The average molecular weight is 250 g/mol. The van der Waals surface area contributed by atoms with Crippen molar-refractivity contribution in [3.05, 3.63) is 36.1 Å². The molecule has 0 bridgehead atoms. The summed E-state index contributed by atoms with van der Waals surface area (Å²) in [6, 6.07) is 0. The normalized spacial score (nSPS) is 12.2. The minimum absolute atomic E-state index is 0.518. The van der Waals surface area contributed by atoms with Crippen molar-refractivity contribution in [3.8, 4) is 0 Å². The molecule has 0 aliphatic carbocycles. The minimum atomic E-state index is 0.518. The second kappa shape index (κ2) is 8.56. The van der Waals surface area contributed by atoms with E-state index in [1.807, 2.05) is 38.5 Å². The highest BCUT2D eigenvalue weighted by molar-refractivity contribution is 5.59. The maximum atomic E-state index is 5.29. The lowest BCUT2D eigenvalue weighted by Crippen LogP contribution is -1.97. The Morgan fingerprint density at radius 2 is 2.00 bits per heavy atom. The molecule has 0 saturated carbocycles. The summed E-state index contributed by atoms with van der Waals surface area (Å²) in [5.41, 5.74) is 2.02. The quantitative estimate of drug-likeness (QED) is 0.589. The van der Waals surface area contributed by atoms with Crippen LogP contribution < -0.4 is 0 Å². The van der Waals surface area contributed by atoms with E-state index in [0.29, 0.717) is 5.92 Å². The van der Waals surface area contributed by atoms with Crippen molar-refractivity contribution in [3.63, 3.8) is 0 Å². The van der Waals surface area contributed by atoms with Crippen LogP contribution in [0.4, 0.5) is 0 Å². The predicted octanol–water partition coefficient (Wildman–Crippen LogP) is 4.26. The van der Waals surface area contributed by atoms with E-state index in [1.54, 1.807) is 13.4 Å². The van der Waals surface area contributed by atoms with Crippen molar-refractivity contribution in [2.24, 2.45) is 5.92 Å². The Balaban J connectivity index is 0.00000137. The second-order valence-corrected chi connectivity index (χ2v) is 4.17. The highest BCUT2D eigenvalue weighted by Crippen LogP contribution is 2.15. The third kappa shape index (κ3) is 5.21. The van der Waals surface area contributed by atoms with Gasteiger partial charge >= 0.3 is 0 Å². The fourth-order valence-electron chi connectivity index (χ4n) is 1.33. The summed E-state index contributed by atoms with van der Waals surface area (Å²) in [5.74, 6) is 1.40. The Labute approximate surface area is 111 Å². The molecule has 0 N–H and O–H groups in total. The summed E-state index contributed by atoms with van der Waals surface area (Å²) in [4.78, 5) is 4.22. The molecule has 102 valence electrons. The first-order valence-corrected chi connectivity index (χ1v) is 6.48. The van der Waals surface area contributed by atoms with Crippen LogP contribution in [0.3, 0.4) is 0 Å². The van der Waals surface area contributed by atoms with Gasteiger partial charge in [-0.05, 0) is 25.8 Å². The van der Waals surface area contributed by atoms with Crippen molar-refractivity contribution in [2.45, 2.75) is 41.5 Å². The van der Waals surface area contributed by atoms with Crippen LogP contribution >= 0.6 is 0 Å². The fraction of sp³-hybridized carbons (Fsp3) is 0.533. The van der Waals surface area contributed by atoms with Gasteiger partial charge in [-0.3, -0.25) is 0 Å². The van der Waals surface area contributed by atoms with Crippen LogP contribution in [0.25, 0.3) is 5.70 Å². The zero-order valence-corrected chi connectivity index (χ0v) is 12.7. The molecular formula is C15H26N2O. The van der Waals surface area contributed by atoms with Crippen LogP contribution in [0, 0.1) is 12.8 Å². The summed E-state index contributed by atoms with van der Waals surface area (Å²) < 4.78 is 7.27. The minimum Gasteiger partial charge on any atom is -0.499 e. The molecule has 0 fully saturated rings. The van der Waals surface area contributed by atoms with E-state index < -0.39 is 0 Å². The number of allylic oxidation sites excluding steroid dienone is 4. The molecule has 1 aromatic rings. The number of ether oxygens (including phenoxy) is 1. The summed E-state index contributed by atoms with van der Waals surface area (Å²) in [6.07, 6.45) is 8.01. The summed E-state index contributed by atoms with van der Waals surface area (Å²) in [5, 5.41) is 0. The van der Waals surface area contributed by atoms with E-state index in [1.165, 1.54) is 0 Å². The third-order valence-electron chi connectivity index (χ3n) is 2.30. The largest absolute Gasteiger partial charge is 0.499 e. The Hall–Kier alpha value is -1.51. The Morgan fingerprint density at radius 1 is 1.39 bits per heavy atom. The van der Waals surface area contributed by atoms with E-state index >= 15 is 0 Å². The van der Waals surface area contributed by atoms with Crippen LogP contribution in [-0.4, -0.2) is 16.7 Å². The third-order valence-corrected chi connectivity index (χ3v) is 2.30. The maximum Gasteiger partial charge on any atom is 0.116 e. The molecule has 0 aromatic carbocycles. The number of aromatic nitrogens is 2. The summed E-state index contributed by atoms with van der Waals surface area (Å²) >= 11 is 0. The van der Waals surface area contributed by atoms with Gasteiger partial charge in [-0.25, -0.2) is 4.98 Å². The van der Waals surface area contributed by atoms with Crippen molar-refractivity contribution in [2.75, 3.05) is 7.11 Å². The number of nitrogens with zero attached hydrogens (tertiary/aromatic N) is 2. The van der Waals surface area contributed by atoms with Crippen LogP contribution in [0.1, 0.15) is 40.3 Å². The number of aryl methyl sites for hydroxylation is 1. The molecule has 0 aliphatic rings. The summed E-state index contributed by atoms with van der Waals surface area (Å²) in [7, 11) is 1.68. The smallest absolute Gasteiger partial charge is 0.116 e. The second-order valence-electron chi connectivity index (χ2n) is 4.17. The van der Waals surface area contributed by atoms with Gasteiger partial charge in [0, 0.05) is 6.20 Å². The Bertz CT molecular complexity index is 400. The van der Waals surface area contributed by atoms with Crippen molar-refractivity contribution >= 4 is 5.70 Å². The van der Waals surface area contributed by atoms with Gasteiger partial charge in [0.15, 0.2) is 0 Å². The lowest BCUT2D eigenvalue weighted by Gasteiger charge is -2.08. The molecule has 1 aromatic heterocycles. The lowest BCUT2D eigenvalue weighted by molar-refractivity contribution is 0.294. The molecule has 0 unspecified atom stereocenters. The monoisotopic (exact) mass is 250 g/mol. The van der Waals surface area contributed by atoms with Gasteiger partial charge in [0.1, 0.15) is 5.76 Å². The highest BCUT2D eigenvalue weighted by Gasteiger charge is 2.03. The number of hydrogen-bond donors (Lipinski definition) is 0. The molecule has 0 atom stereocenters. The zero-order valence-electron chi connectivity index (χ0n) is 12.7. The lowest BCUT2D eigenvalue weighted by atomic mass is 10.2. The Morgan fingerprint density at radius 3 is 2.39 bits per heavy atom. The van der Waals surface area contributed by atoms with Crippen LogP contribution in [0.2, 0.25) is 0 Å². The molecule has 18 heavy (non-hydrogen) atoms. The van der Waals surface area contributed by atoms with E-state index in [-0.39, 0.29) is 0 Å². The van der Waals surface area contributed by atoms with Crippen LogP contribution in [0.15, 0.2) is 30.4 Å². The van der Waals surface area contributed by atoms with Crippen LogP contribution in [0.5, 0.6) is 0 Å². The van der Waals surface area contributed by atoms with E-state index in [0.717, 1.165) is 17.2 Å². The van der Waals surface area contributed by atoms with Crippen LogP contribution in [-0.2, 0) is 4.74 Å². The maximum absolute atomic E-state index is 5.29. The van der Waals surface area contributed by atoms with Crippen molar-refractivity contribution in [1.29, 1.82) is 0 Å².